The highest BCUT2D eigenvalue weighted by Gasteiger charge is 2.19. The number of fused-ring (bicyclic) bond motifs is 1. The molecule has 0 aliphatic rings. The lowest BCUT2D eigenvalue weighted by Crippen LogP contribution is -2.10. The first-order valence-electron chi connectivity index (χ1n) is 9.69. The van der Waals surface area contributed by atoms with E-state index >= 15 is 0 Å². The topological polar surface area (TPSA) is 42.2 Å². The molecule has 0 saturated heterocycles. The van der Waals surface area contributed by atoms with Crippen molar-refractivity contribution >= 4 is 22.8 Å². The summed E-state index contributed by atoms with van der Waals surface area (Å²) in [6.07, 6.45) is 3.26. The van der Waals surface area contributed by atoms with Crippen molar-refractivity contribution in [3.05, 3.63) is 66.1 Å². The molecular formula is C24H26FNO2. The standard InChI is InChI=1S/C24H26FNO2/c1-4-19(27)15-20(28)13-14-23-24(17-9-11-18(25)12-10-17)21-7-5-6-8-22(21)26(23)16(2)3/h5-14,16,20,28H,4,15H2,1-3H3/b14-13+/t20-/m1/s1. The molecule has 2 aromatic carbocycles. The van der Waals surface area contributed by atoms with Gasteiger partial charge in [-0.15, -0.1) is 0 Å². The Morgan fingerprint density at radius 3 is 2.46 bits per heavy atom. The van der Waals surface area contributed by atoms with Crippen molar-refractivity contribution < 1.29 is 14.3 Å². The molecule has 4 heteroatoms. The third-order valence-electron chi connectivity index (χ3n) is 4.91. The van der Waals surface area contributed by atoms with Crippen molar-refractivity contribution in [2.45, 2.75) is 45.8 Å². The van der Waals surface area contributed by atoms with Gasteiger partial charge in [0.2, 0.25) is 0 Å². The van der Waals surface area contributed by atoms with Gasteiger partial charge in [0, 0.05) is 41.0 Å². The molecule has 1 atom stereocenters. The smallest absolute Gasteiger partial charge is 0.135 e. The molecule has 0 amide bonds. The third kappa shape index (κ3) is 4.07. The predicted octanol–water partition coefficient (Wildman–Crippen LogP) is 5.77. The van der Waals surface area contributed by atoms with E-state index in [1.54, 1.807) is 25.1 Å². The maximum atomic E-state index is 13.5. The summed E-state index contributed by atoms with van der Waals surface area (Å²) in [6, 6.07) is 14.8. The van der Waals surface area contributed by atoms with Gasteiger partial charge in [-0.3, -0.25) is 4.79 Å². The molecule has 1 aromatic heterocycles. The van der Waals surface area contributed by atoms with Crippen LogP contribution < -0.4 is 0 Å². The molecule has 3 nitrogen and oxygen atoms in total. The number of hydrogen-bond donors (Lipinski definition) is 1. The lowest BCUT2D eigenvalue weighted by atomic mass is 10.0. The van der Waals surface area contributed by atoms with Gasteiger partial charge in [-0.2, -0.15) is 0 Å². The minimum absolute atomic E-state index is 0.0281. The van der Waals surface area contributed by atoms with Crippen molar-refractivity contribution in [1.82, 2.24) is 4.57 Å². The average Bonchev–Trinajstić information content (AvgIpc) is 3.01. The number of ketones is 1. The second-order valence-corrected chi connectivity index (χ2v) is 7.27. The highest BCUT2D eigenvalue weighted by Crippen LogP contribution is 2.37. The van der Waals surface area contributed by atoms with Crippen LogP contribution in [-0.4, -0.2) is 21.6 Å². The van der Waals surface area contributed by atoms with E-state index in [4.69, 9.17) is 0 Å². The van der Waals surface area contributed by atoms with E-state index in [-0.39, 0.29) is 24.1 Å². The number of aliphatic hydroxyl groups excluding tert-OH is 1. The largest absolute Gasteiger partial charge is 0.389 e. The first kappa shape index (κ1) is 20.0. The number of hydrogen-bond acceptors (Lipinski definition) is 2. The van der Waals surface area contributed by atoms with Gasteiger partial charge in [-0.1, -0.05) is 43.3 Å². The molecule has 1 heterocycles. The summed E-state index contributed by atoms with van der Waals surface area (Å²) in [5, 5.41) is 11.3. The van der Waals surface area contributed by atoms with E-state index in [2.05, 4.69) is 30.5 Å². The molecule has 0 aliphatic heterocycles. The molecule has 3 aromatic rings. The summed E-state index contributed by atoms with van der Waals surface area (Å²) < 4.78 is 15.7. The Hall–Kier alpha value is -2.72. The number of rotatable bonds is 7. The summed E-state index contributed by atoms with van der Waals surface area (Å²) in [7, 11) is 0. The second-order valence-electron chi connectivity index (χ2n) is 7.27. The summed E-state index contributed by atoms with van der Waals surface area (Å²) in [4.78, 5) is 11.6. The number of carbonyl (C=O) groups excluding carboxylic acids is 1. The van der Waals surface area contributed by atoms with Crippen LogP contribution in [-0.2, 0) is 4.79 Å². The van der Waals surface area contributed by atoms with Crippen LogP contribution in [0.3, 0.4) is 0 Å². The van der Waals surface area contributed by atoms with Crippen LogP contribution >= 0.6 is 0 Å². The molecule has 0 radical (unpaired) electrons. The van der Waals surface area contributed by atoms with E-state index in [0.717, 1.165) is 27.7 Å². The van der Waals surface area contributed by atoms with E-state index in [1.165, 1.54) is 12.1 Å². The van der Waals surface area contributed by atoms with E-state index in [0.29, 0.717) is 6.42 Å². The van der Waals surface area contributed by atoms with Gasteiger partial charge < -0.3 is 9.67 Å². The number of Topliss-reactive ketones (excluding diaryl/α,β-unsaturated/α-hetero) is 1. The molecule has 28 heavy (non-hydrogen) atoms. The fourth-order valence-corrected chi connectivity index (χ4v) is 3.57. The first-order valence-corrected chi connectivity index (χ1v) is 9.69. The minimum Gasteiger partial charge on any atom is -0.389 e. The van der Waals surface area contributed by atoms with E-state index < -0.39 is 6.10 Å². The summed E-state index contributed by atoms with van der Waals surface area (Å²) >= 11 is 0. The quantitative estimate of drug-likeness (QED) is 0.566. The number of aromatic nitrogens is 1. The Bertz CT molecular complexity index is 999. The number of halogens is 1. The third-order valence-corrected chi connectivity index (χ3v) is 4.91. The Labute approximate surface area is 165 Å². The van der Waals surface area contributed by atoms with Crippen LogP contribution in [0.5, 0.6) is 0 Å². The van der Waals surface area contributed by atoms with E-state index in [1.807, 2.05) is 18.2 Å². The molecule has 0 bridgehead atoms. The number of nitrogens with zero attached hydrogens (tertiary/aromatic N) is 1. The molecule has 3 rings (SSSR count). The Morgan fingerprint density at radius 2 is 1.82 bits per heavy atom. The monoisotopic (exact) mass is 379 g/mol. The van der Waals surface area contributed by atoms with Crippen LogP contribution in [0.4, 0.5) is 4.39 Å². The van der Waals surface area contributed by atoms with Gasteiger partial charge in [-0.25, -0.2) is 4.39 Å². The van der Waals surface area contributed by atoms with Gasteiger partial charge >= 0.3 is 0 Å². The zero-order valence-electron chi connectivity index (χ0n) is 16.5. The lowest BCUT2D eigenvalue weighted by molar-refractivity contribution is -0.120. The highest BCUT2D eigenvalue weighted by atomic mass is 19.1. The van der Waals surface area contributed by atoms with Crippen molar-refractivity contribution in [1.29, 1.82) is 0 Å². The fourth-order valence-electron chi connectivity index (χ4n) is 3.57. The summed E-state index contributed by atoms with van der Waals surface area (Å²) in [5.74, 6) is -0.248. The van der Waals surface area contributed by atoms with Crippen molar-refractivity contribution in [2.75, 3.05) is 0 Å². The van der Waals surface area contributed by atoms with Gasteiger partial charge in [0.1, 0.15) is 11.6 Å². The van der Waals surface area contributed by atoms with Crippen LogP contribution in [0.1, 0.15) is 45.3 Å². The van der Waals surface area contributed by atoms with Crippen LogP contribution in [0, 0.1) is 5.82 Å². The molecule has 0 unspecified atom stereocenters. The number of benzene rings is 2. The molecule has 0 saturated carbocycles. The van der Waals surface area contributed by atoms with Gasteiger partial charge in [0.25, 0.3) is 0 Å². The van der Waals surface area contributed by atoms with Crippen molar-refractivity contribution in [2.24, 2.45) is 0 Å². The Kier molecular flexibility index (Phi) is 6.10. The van der Waals surface area contributed by atoms with Gasteiger partial charge in [0.15, 0.2) is 0 Å². The molecule has 1 N–H and O–H groups in total. The van der Waals surface area contributed by atoms with Crippen molar-refractivity contribution in [3.63, 3.8) is 0 Å². The van der Waals surface area contributed by atoms with Gasteiger partial charge in [-0.05, 0) is 43.7 Å². The zero-order valence-corrected chi connectivity index (χ0v) is 16.5. The lowest BCUT2D eigenvalue weighted by Gasteiger charge is -2.14. The second kappa shape index (κ2) is 8.53. The Morgan fingerprint density at radius 1 is 1.14 bits per heavy atom. The molecule has 0 fully saturated rings. The number of carbonyl (C=O) groups is 1. The zero-order chi connectivity index (χ0) is 20.3. The van der Waals surface area contributed by atoms with Crippen LogP contribution in [0.25, 0.3) is 28.1 Å². The summed E-state index contributed by atoms with van der Waals surface area (Å²) in [5.41, 5.74) is 3.92. The molecule has 0 aliphatic carbocycles. The van der Waals surface area contributed by atoms with Crippen molar-refractivity contribution in [3.8, 4) is 11.1 Å². The molecule has 146 valence electrons. The minimum atomic E-state index is -0.827. The maximum absolute atomic E-state index is 13.5. The number of para-hydroxylation sites is 1. The van der Waals surface area contributed by atoms with Gasteiger partial charge in [0.05, 0.1) is 6.10 Å². The first-order chi connectivity index (χ1) is 13.4. The SMILES string of the molecule is CCC(=O)C[C@H](O)/C=C/c1c(-c2ccc(F)cc2)c2ccccc2n1C(C)C. The predicted molar refractivity (Wildman–Crippen MR) is 113 cm³/mol. The average molecular weight is 379 g/mol. The van der Waals surface area contributed by atoms with Crippen LogP contribution in [0.15, 0.2) is 54.6 Å². The summed E-state index contributed by atoms with van der Waals surface area (Å²) in [6.45, 7) is 6.01. The normalized spacial score (nSPS) is 12.9. The fraction of sp³-hybridized carbons (Fsp3) is 0.292. The molecular weight excluding hydrogens is 353 g/mol. The molecule has 0 spiro atoms. The maximum Gasteiger partial charge on any atom is 0.135 e. The Balaban J connectivity index is 2.18. The van der Waals surface area contributed by atoms with E-state index in [9.17, 15) is 14.3 Å². The number of aliphatic hydroxyl groups is 1. The van der Waals surface area contributed by atoms with Crippen LogP contribution in [0.2, 0.25) is 0 Å². The highest BCUT2D eigenvalue weighted by molar-refractivity contribution is 6.01.